The first-order valence-corrected chi connectivity index (χ1v) is 9.41. The second-order valence-corrected chi connectivity index (χ2v) is 7.70. The number of aliphatic imine (C=N–C) groups is 1. The molecule has 6 nitrogen and oxygen atoms in total. The van der Waals surface area contributed by atoms with Gasteiger partial charge in [-0.3, -0.25) is 9.89 Å². The van der Waals surface area contributed by atoms with Gasteiger partial charge >= 0.3 is 0 Å². The minimum absolute atomic E-state index is 0.0598. The fourth-order valence-corrected chi connectivity index (χ4v) is 3.20. The molecular weight excluding hydrogens is 326 g/mol. The molecule has 0 spiro atoms. The summed E-state index contributed by atoms with van der Waals surface area (Å²) in [7, 11) is 6.01. The molecule has 0 unspecified atom stereocenters. The zero-order valence-electron chi connectivity index (χ0n) is 17.0. The highest BCUT2D eigenvalue weighted by molar-refractivity contribution is 5.79. The summed E-state index contributed by atoms with van der Waals surface area (Å²) < 4.78 is 5.47. The molecule has 1 aromatic rings. The highest BCUT2D eigenvalue weighted by Gasteiger charge is 2.28. The van der Waals surface area contributed by atoms with Crippen LogP contribution in [0.1, 0.15) is 25.0 Å². The molecule has 0 amide bonds. The monoisotopic (exact) mass is 361 g/mol. The standard InChI is InChI=1S/C20H35N5O/c1-20(2,25-10-12-26-13-11-25)16-23-19(21-3)22-14-17-8-6-7-9-18(17)15-24(4)5/h6-9H,10-16H2,1-5H3,(H2,21,22,23). The molecule has 146 valence electrons. The van der Waals surface area contributed by atoms with Crippen LogP contribution in [0.2, 0.25) is 0 Å². The molecule has 0 aliphatic carbocycles. The number of rotatable bonds is 7. The second kappa shape index (κ2) is 9.90. The Kier molecular flexibility index (Phi) is 7.87. The quantitative estimate of drug-likeness (QED) is 0.570. The van der Waals surface area contributed by atoms with E-state index in [0.29, 0.717) is 0 Å². The maximum Gasteiger partial charge on any atom is 0.191 e. The van der Waals surface area contributed by atoms with E-state index in [0.717, 1.165) is 51.9 Å². The molecule has 1 aliphatic rings. The lowest BCUT2D eigenvalue weighted by Crippen LogP contribution is -2.56. The summed E-state index contributed by atoms with van der Waals surface area (Å²) in [4.78, 5) is 9.05. The van der Waals surface area contributed by atoms with Gasteiger partial charge in [-0.15, -0.1) is 0 Å². The van der Waals surface area contributed by atoms with E-state index in [1.165, 1.54) is 11.1 Å². The van der Waals surface area contributed by atoms with Gasteiger partial charge in [0.2, 0.25) is 0 Å². The van der Waals surface area contributed by atoms with Crippen molar-refractivity contribution < 1.29 is 4.74 Å². The van der Waals surface area contributed by atoms with Crippen LogP contribution < -0.4 is 10.6 Å². The molecule has 1 saturated heterocycles. The van der Waals surface area contributed by atoms with Crippen LogP contribution in [0.15, 0.2) is 29.3 Å². The maximum absolute atomic E-state index is 5.47. The summed E-state index contributed by atoms with van der Waals surface area (Å²) in [6, 6.07) is 8.56. The normalized spacial score (nSPS) is 16.8. The van der Waals surface area contributed by atoms with E-state index in [-0.39, 0.29) is 5.54 Å². The van der Waals surface area contributed by atoms with Gasteiger partial charge in [-0.1, -0.05) is 24.3 Å². The molecule has 6 heteroatoms. The van der Waals surface area contributed by atoms with Crippen molar-refractivity contribution >= 4 is 5.96 Å². The SMILES string of the molecule is CN=C(NCc1ccccc1CN(C)C)NCC(C)(C)N1CCOCC1. The minimum Gasteiger partial charge on any atom is -0.379 e. The molecule has 1 fully saturated rings. The van der Waals surface area contributed by atoms with Gasteiger partial charge in [-0.2, -0.15) is 0 Å². The van der Waals surface area contributed by atoms with Crippen molar-refractivity contribution in [2.75, 3.05) is 54.0 Å². The van der Waals surface area contributed by atoms with Crippen molar-refractivity contribution in [3.63, 3.8) is 0 Å². The summed E-state index contributed by atoms with van der Waals surface area (Å²) in [6.07, 6.45) is 0. The first-order chi connectivity index (χ1) is 12.4. The Morgan fingerprint density at radius 1 is 1.15 bits per heavy atom. The van der Waals surface area contributed by atoms with E-state index in [2.05, 4.69) is 77.6 Å². The number of nitrogens with zero attached hydrogens (tertiary/aromatic N) is 3. The Balaban J connectivity index is 1.88. The summed E-state index contributed by atoms with van der Waals surface area (Å²) in [5.41, 5.74) is 2.70. The van der Waals surface area contributed by atoms with Crippen LogP contribution in [0.3, 0.4) is 0 Å². The molecule has 1 aromatic carbocycles. The zero-order chi connectivity index (χ0) is 19.0. The molecule has 1 heterocycles. The third-order valence-corrected chi connectivity index (χ3v) is 4.83. The minimum atomic E-state index is 0.0598. The van der Waals surface area contributed by atoms with Gasteiger partial charge in [0.1, 0.15) is 0 Å². The molecule has 0 atom stereocenters. The molecule has 2 rings (SSSR count). The van der Waals surface area contributed by atoms with Crippen molar-refractivity contribution in [3.8, 4) is 0 Å². The van der Waals surface area contributed by atoms with Gasteiger partial charge < -0.3 is 20.3 Å². The molecule has 1 aliphatic heterocycles. The van der Waals surface area contributed by atoms with E-state index >= 15 is 0 Å². The van der Waals surface area contributed by atoms with Crippen LogP contribution >= 0.6 is 0 Å². The Labute approximate surface area is 158 Å². The van der Waals surface area contributed by atoms with Crippen LogP contribution in [0.5, 0.6) is 0 Å². The summed E-state index contributed by atoms with van der Waals surface area (Å²) in [6.45, 7) is 10.7. The topological polar surface area (TPSA) is 52.1 Å². The van der Waals surface area contributed by atoms with Gasteiger partial charge in [-0.25, -0.2) is 0 Å². The lowest BCUT2D eigenvalue weighted by Gasteiger charge is -2.41. The van der Waals surface area contributed by atoms with Gasteiger partial charge in [0.05, 0.1) is 13.2 Å². The Morgan fingerprint density at radius 2 is 1.81 bits per heavy atom. The smallest absolute Gasteiger partial charge is 0.191 e. The third-order valence-electron chi connectivity index (χ3n) is 4.83. The fraction of sp³-hybridized carbons (Fsp3) is 0.650. The van der Waals surface area contributed by atoms with Crippen molar-refractivity contribution in [3.05, 3.63) is 35.4 Å². The lowest BCUT2D eigenvalue weighted by molar-refractivity contribution is -0.00834. The van der Waals surface area contributed by atoms with E-state index in [1.807, 2.05) is 7.05 Å². The number of hydrogen-bond donors (Lipinski definition) is 2. The van der Waals surface area contributed by atoms with Crippen molar-refractivity contribution in [1.29, 1.82) is 0 Å². The predicted octanol–water partition coefficient (Wildman–Crippen LogP) is 1.52. The molecule has 0 radical (unpaired) electrons. The fourth-order valence-electron chi connectivity index (χ4n) is 3.20. The second-order valence-electron chi connectivity index (χ2n) is 7.70. The Bertz CT molecular complexity index is 579. The average molecular weight is 362 g/mol. The van der Waals surface area contributed by atoms with Crippen LogP contribution in [0, 0.1) is 0 Å². The average Bonchev–Trinajstić information content (AvgIpc) is 2.63. The highest BCUT2D eigenvalue weighted by Crippen LogP contribution is 2.15. The molecule has 0 saturated carbocycles. The molecular formula is C20H35N5O. The number of nitrogens with one attached hydrogen (secondary N) is 2. The van der Waals surface area contributed by atoms with Gasteiger partial charge in [-0.05, 0) is 39.1 Å². The Morgan fingerprint density at radius 3 is 2.42 bits per heavy atom. The van der Waals surface area contributed by atoms with Gasteiger partial charge in [0.15, 0.2) is 5.96 Å². The van der Waals surface area contributed by atoms with Crippen LogP contribution in [0.4, 0.5) is 0 Å². The van der Waals surface area contributed by atoms with E-state index < -0.39 is 0 Å². The number of guanidine groups is 1. The summed E-state index contributed by atoms with van der Waals surface area (Å²) in [5, 5.41) is 6.94. The van der Waals surface area contributed by atoms with Crippen LogP contribution in [-0.4, -0.2) is 75.3 Å². The third kappa shape index (κ3) is 6.27. The number of benzene rings is 1. The summed E-state index contributed by atoms with van der Waals surface area (Å²) >= 11 is 0. The molecule has 26 heavy (non-hydrogen) atoms. The first-order valence-electron chi connectivity index (χ1n) is 9.41. The van der Waals surface area contributed by atoms with E-state index in [9.17, 15) is 0 Å². The van der Waals surface area contributed by atoms with Crippen molar-refractivity contribution in [2.45, 2.75) is 32.5 Å². The number of ether oxygens (including phenoxy) is 1. The van der Waals surface area contributed by atoms with Crippen LogP contribution in [-0.2, 0) is 17.8 Å². The summed E-state index contributed by atoms with van der Waals surface area (Å²) in [5.74, 6) is 0.839. The van der Waals surface area contributed by atoms with Crippen molar-refractivity contribution in [1.82, 2.24) is 20.4 Å². The molecule has 0 bridgehead atoms. The molecule has 0 aromatic heterocycles. The van der Waals surface area contributed by atoms with E-state index in [4.69, 9.17) is 4.74 Å². The van der Waals surface area contributed by atoms with Crippen molar-refractivity contribution in [2.24, 2.45) is 4.99 Å². The predicted molar refractivity (Wildman–Crippen MR) is 109 cm³/mol. The van der Waals surface area contributed by atoms with Crippen LogP contribution in [0.25, 0.3) is 0 Å². The Hall–Kier alpha value is -1.63. The van der Waals surface area contributed by atoms with E-state index in [1.54, 1.807) is 0 Å². The first kappa shape index (κ1) is 20.7. The zero-order valence-corrected chi connectivity index (χ0v) is 17.0. The molecule has 2 N–H and O–H groups in total. The van der Waals surface area contributed by atoms with Gasteiger partial charge in [0.25, 0.3) is 0 Å². The highest BCUT2D eigenvalue weighted by atomic mass is 16.5. The number of hydrogen-bond acceptors (Lipinski definition) is 4. The largest absolute Gasteiger partial charge is 0.379 e. The lowest BCUT2D eigenvalue weighted by atomic mass is 10.0. The maximum atomic E-state index is 5.47. The van der Waals surface area contributed by atoms with Gasteiger partial charge in [0, 0.05) is 45.3 Å². The number of morpholine rings is 1.